The molecule has 0 radical (unpaired) electrons. The van der Waals surface area contributed by atoms with E-state index in [1.165, 1.54) is 13.2 Å². The van der Waals surface area contributed by atoms with E-state index in [1.54, 1.807) is 42.5 Å². The molecule has 0 atom stereocenters. The van der Waals surface area contributed by atoms with Crippen molar-refractivity contribution in [3.8, 4) is 5.75 Å². The Kier molecular flexibility index (Phi) is 4.15. The maximum atomic E-state index is 12.2. The van der Waals surface area contributed by atoms with Gasteiger partial charge in [0.05, 0.1) is 12.7 Å². The van der Waals surface area contributed by atoms with E-state index >= 15 is 0 Å². The fraction of sp³-hybridized carbons (Fsp3) is 0.125. The molecule has 2 rings (SSSR count). The Hall–Kier alpha value is -2.62. The van der Waals surface area contributed by atoms with Gasteiger partial charge in [0.15, 0.2) is 5.78 Å². The fourth-order valence-corrected chi connectivity index (χ4v) is 1.95. The minimum atomic E-state index is -1.03. The minimum Gasteiger partial charge on any atom is -0.497 e. The molecule has 0 aliphatic rings. The largest absolute Gasteiger partial charge is 0.497 e. The van der Waals surface area contributed by atoms with Crippen molar-refractivity contribution in [3.63, 3.8) is 0 Å². The predicted octanol–water partition coefficient (Wildman–Crippen LogP) is 2.82. The van der Waals surface area contributed by atoms with Crippen molar-refractivity contribution in [2.75, 3.05) is 7.11 Å². The van der Waals surface area contributed by atoms with Crippen LogP contribution in [0.2, 0.25) is 0 Å². The summed E-state index contributed by atoms with van der Waals surface area (Å²) in [7, 11) is 1.53. The number of carboxylic acids is 1. The molecule has 20 heavy (non-hydrogen) atoms. The van der Waals surface area contributed by atoms with Crippen LogP contribution in [0.3, 0.4) is 0 Å². The minimum absolute atomic E-state index is 0.0512. The molecule has 0 saturated heterocycles. The molecule has 102 valence electrons. The number of rotatable bonds is 5. The highest BCUT2D eigenvalue weighted by Crippen LogP contribution is 2.16. The Morgan fingerprint density at radius 2 is 1.85 bits per heavy atom. The van der Waals surface area contributed by atoms with Gasteiger partial charge in [-0.1, -0.05) is 30.3 Å². The Labute approximate surface area is 116 Å². The Morgan fingerprint density at radius 3 is 2.55 bits per heavy atom. The Bertz CT molecular complexity index is 646. The molecule has 1 N–H and O–H groups in total. The van der Waals surface area contributed by atoms with Crippen LogP contribution in [0, 0.1) is 0 Å². The second-order valence-electron chi connectivity index (χ2n) is 4.29. The number of hydrogen-bond acceptors (Lipinski definition) is 3. The van der Waals surface area contributed by atoms with E-state index in [2.05, 4.69) is 0 Å². The summed E-state index contributed by atoms with van der Waals surface area (Å²) in [5.41, 5.74) is 1.17. The number of methoxy groups -OCH3 is 1. The number of ether oxygens (including phenoxy) is 1. The van der Waals surface area contributed by atoms with Crippen LogP contribution in [-0.2, 0) is 6.42 Å². The number of carbonyl (C=O) groups is 2. The summed E-state index contributed by atoms with van der Waals surface area (Å²) in [5, 5.41) is 9.10. The summed E-state index contributed by atoms with van der Waals surface area (Å²) in [6, 6.07) is 13.3. The van der Waals surface area contributed by atoms with Gasteiger partial charge < -0.3 is 9.84 Å². The number of carbonyl (C=O) groups excluding carboxylic acids is 1. The molecule has 0 heterocycles. The summed E-state index contributed by atoms with van der Waals surface area (Å²) in [5.74, 6) is -0.570. The van der Waals surface area contributed by atoms with Gasteiger partial charge in [-0.05, 0) is 23.8 Å². The van der Waals surface area contributed by atoms with Gasteiger partial charge in [0.2, 0.25) is 0 Å². The van der Waals surface area contributed by atoms with Gasteiger partial charge in [0.1, 0.15) is 5.75 Å². The molecule has 0 aromatic heterocycles. The highest BCUT2D eigenvalue weighted by Gasteiger charge is 2.14. The lowest BCUT2D eigenvalue weighted by molar-refractivity contribution is 0.0696. The van der Waals surface area contributed by atoms with Gasteiger partial charge >= 0.3 is 5.97 Å². The van der Waals surface area contributed by atoms with Gasteiger partial charge in [0, 0.05) is 12.0 Å². The van der Waals surface area contributed by atoms with Gasteiger partial charge in [0.25, 0.3) is 0 Å². The van der Waals surface area contributed by atoms with Crippen LogP contribution in [0.5, 0.6) is 5.75 Å². The number of hydrogen-bond donors (Lipinski definition) is 1. The number of aromatic carboxylic acids is 1. The predicted molar refractivity (Wildman–Crippen MR) is 74.4 cm³/mol. The maximum Gasteiger partial charge on any atom is 0.335 e. The van der Waals surface area contributed by atoms with Crippen LogP contribution < -0.4 is 4.74 Å². The van der Waals surface area contributed by atoms with Crippen molar-refractivity contribution in [3.05, 3.63) is 65.2 Å². The molecule has 0 bridgehead atoms. The first-order valence-corrected chi connectivity index (χ1v) is 6.10. The summed E-state index contributed by atoms with van der Waals surface area (Å²) in [6.45, 7) is 0. The average Bonchev–Trinajstić information content (AvgIpc) is 2.47. The highest BCUT2D eigenvalue weighted by molar-refractivity contribution is 6.00. The van der Waals surface area contributed by atoms with Crippen LogP contribution in [-0.4, -0.2) is 24.0 Å². The van der Waals surface area contributed by atoms with Crippen molar-refractivity contribution >= 4 is 11.8 Å². The molecular formula is C16H14O4. The number of benzene rings is 2. The van der Waals surface area contributed by atoms with E-state index in [-0.39, 0.29) is 17.8 Å². The lowest BCUT2D eigenvalue weighted by atomic mass is 9.99. The lowest BCUT2D eigenvalue weighted by Gasteiger charge is -2.06. The second kappa shape index (κ2) is 6.02. The van der Waals surface area contributed by atoms with Crippen LogP contribution in [0.4, 0.5) is 0 Å². The first-order valence-electron chi connectivity index (χ1n) is 6.10. The first-order chi connectivity index (χ1) is 9.61. The third-order valence-electron chi connectivity index (χ3n) is 2.99. The monoisotopic (exact) mass is 270 g/mol. The highest BCUT2D eigenvalue weighted by atomic mass is 16.5. The van der Waals surface area contributed by atoms with Gasteiger partial charge in [-0.15, -0.1) is 0 Å². The standard InChI is InChI=1S/C16H14O4/c1-20-13-7-4-6-12(9-13)15(17)10-11-5-2-3-8-14(11)16(18)19/h2-9H,10H2,1H3,(H,18,19). The molecule has 0 saturated carbocycles. The molecule has 0 amide bonds. The fourth-order valence-electron chi connectivity index (χ4n) is 1.95. The summed E-state index contributed by atoms with van der Waals surface area (Å²) in [6.07, 6.45) is 0.0512. The molecule has 0 spiro atoms. The topological polar surface area (TPSA) is 63.6 Å². The normalized spacial score (nSPS) is 10.1. The van der Waals surface area contributed by atoms with Gasteiger partial charge in [-0.25, -0.2) is 4.79 Å². The lowest BCUT2D eigenvalue weighted by Crippen LogP contribution is -2.09. The first kappa shape index (κ1) is 13.8. The number of ketones is 1. The zero-order valence-corrected chi connectivity index (χ0v) is 11.0. The van der Waals surface area contributed by atoms with E-state index in [0.717, 1.165) is 0 Å². The SMILES string of the molecule is COc1cccc(C(=O)Cc2ccccc2C(=O)O)c1. The maximum absolute atomic E-state index is 12.2. The third kappa shape index (κ3) is 3.03. The molecule has 0 unspecified atom stereocenters. The zero-order valence-electron chi connectivity index (χ0n) is 11.0. The van der Waals surface area contributed by atoms with Crippen LogP contribution >= 0.6 is 0 Å². The van der Waals surface area contributed by atoms with E-state index in [4.69, 9.17) is 9.84 Å². The number of Topliss-reactive ketones (excluding diaryl/α,β-unsaturated/α-hetero) is 1. The van der Waals surface area contributed by atoms with Gasteiger partial charge in [-0.3, -0.25) is 4.79 Å². The second-order valence-corrected chi connectivity index (χ2v) is 4.29. The van der Waals surface area contributed by atoms with Gasteiger partial charge in [-0.2, -0.15) is 0 Å². The van der Waals surface area contributed by atoms with E-state index < -0.39 is 5.97 Å². The molecule has 0 aliphatic carbocycles. The third-order valence-corrected chi connectivity index (χ3v) is 2.99. The van der Waals surface area contributed by atoms with Crippen LogP contribution in [0.25, 0.3) is 0 Å². The molecule has 0 aliphatic heterocycles. The molecular weight excluding hydrogens is 256 g/mol. The summed E-state index contributed by atoms with van der Waals surface area (Å²) in [4.78, 5) is 23.3. The van der Waals surface area contributed by atoms with Crippen LogP contribution in [0.15, 0.2) is 48.5 Å². The van der Waals surface area contributed by atoms with Crippen molar-refractivity contribution in [2.45, 2.75) is 6.42 Å². The molecule has 2 aromatic rings. The molecule has 0 fully saturated rings. The smallest absolute Gasteiger partial charge is 0.335 e. The summed E-state index contributed by atoms with van der Waals surface area (Å²) < 4.78 is 5.07. The van der Waals surface area contributed by atoms with Crippen molar-refractivity contribution in [1.29, 1.82) is 0 Å². The van der Waals surface area contributed by atoms with Crippen LogP contribution in [0.1, 0.15) is 26.3 Å². The average molecular weight is 270 g/mol. The van der Waals surface area contributed by atoms with E-state index in [0.29, 0.717) is 16.9 Å². The molecule has 4 nitrogen and oxygen atoms in total. The Balaban J connectivity index is 2.25. The van der Waals surface area contributed by atoms with Crippen molar-refractivity contribution < 1.29 is 19.4 Å². The molecule has 4 heteroatoms. The van der Waals surface area contributed by atoms with E-state index in [9.17, 15) is 9.59 Å². The van der Waals surface area contributed by atoms with Crippen molar-refractivity contribution in [1.82, 2.24) is 0 Å². The zero-order chi connectivity index (χ0) is 14.5. The summed E-state index contributed by atoms with van der Waals surface area (Å²) >= 11 is 0. The Morgan fingerprint density at radius 1 is 1.10 bits per heavy atom. The molecule has 2 aromatic carbocycles. The van der Waals surface area contributed by atoms with Crippen molar-refractivity contribution in [2.24, 2.45) is 0 Å². The van der Waals surface area contributed by atoms with E-state index in [1.807, 2.05) is 0 Å². The number of carboxylic acid groups (broad SMARTS) is 1. The quantitative estimate of drug-likeness (QED) is 0.848.